The molecule has 0 amide bonds. The molecule has 0 bridgehead atoms. The van der Waals surface area contributed by atoms with Gasteiger partial charge in [-0.25, -0.2) is 0 Å². The summed E-state index contributed by atoms with van der Waals surface area (Å²) in [7, 11) is 0. The summed E-state index contributed by atoms with van der Waals surface area (Å²) in [5, 5.41) is 5.69. The van der Waals surface area contributed by atoms with Gasteiger partial charge in [0.2, 0.25) is 0 Å². The Morgan fingerprint density at radius 1 is 0.342 bits per heavy atom. The zero-order chi connectivity index (χ0) is 25.1. The summed E-state index contributed by atoms with van der Waals surface area (Å²) in [6.45, 7) is 0. The maximum atomic E-state index is 2.32. The molecular weight excluding hydrogens is 617 g/mol. The molecule has 0 unspecified atom stereocenters. The normalized spacial score (nSPS) is 19.6. The van der Waals surface area contributed by atoms with E-state index in [1.807, 2.05) is 94.1 Å². The van der Waals surface area contributed by atoms with Crippen molar-refractivity contribution in [2.45, 2.75) is 23.0 Å². The molecule has 4 aliphatic rings. The quantitative estimate of drug-likeness (QED) is 0.185. The molecule has 0 radical (unpaired) electrons. The molecule has 0 saturated heterocycles. The van der Waals surface area contributed by atoms with Crippen LogP contribution in [0.5, 0.6) is 0 Å². The Labute approximate surface area is 256 Å². The lowest BCUT2D eigenvalue weighted by molar-refractivity contribution is 1.41. The molecule has 8 heteroatoms. The van der Waals surface area contributed by atoms with Crippen LogP contribution in [-0.4, -0.2) is 0 Å². The van der Waals surface area contributed by atoms with Crippen molar-refractivity contribution >= 4 is 116 Å². The van der Waals surface area contributed by atoms with Crippen molar-refractivity contribution in [2.75, 3.05) is 0 Å². The summed E-state index contributed by atoms with van der Waals surface area (Å²) < 4.78 is 8.92. The standard InChI is InChI=1S/C30H20S8/c1-5-17-6-2-10-20-14-32-26-25(31-13-19(9-1)23(17)20)35-29(36-26)30-37-27-28(38-30)34-16-22-12-4-8-18-7-3-11-21(15-33-27)24(18)22/h1-12H,13-16H2. The molecule has 188 valence electrons. The second kappa shape index (κ2) is 10.7. The van der Waals surface area contributed by atoms with Gasteiger partial charge in [-0.3, -0.25) is 0 Å². The fraction of sp³-hybridized carbons (Fsp3) is 0.133. The second-order valence-corrected chi connectivity index (χ2v) is 18.7. The molecule has 4 aliphatic heterocycles. The Balaban J connectivity index is 1.04. The van der Waals surface area contributed by atoms with Crippen LogP contribution in [0.4, 0.5) is 0 Å². The molecule has 4 aromatic carbocycles. The summed E-state index contributed by atoms with van der Waals surface area (Å²) in [4.78, 5) is 0. The minimum atomic E-state index is 1.04. The van der Waals surface area contributed by atoms with E-state index in [1.165, 1.54) is 69.2 Å². The first-order valence-corrected chi connectivity index (χ1v) is 19.5. The molecule has 0 saturated carbocycles. The van der Waals surface area contributed by atoms with E-state index in [0.29, 0.717) is 0 Å². The van der Waals surface area contributed by atoms with Crippen molar-refractivity contribution in [3.63, 3.8) is 0 Å². The van der Waals surface area contributed by atoms with Crippen LogP contribution in [0.25, 0.3) is 21.5 Å². The van der Waals surface area contributed by atoms with Gasteiger partial charge in [-0.05, 0) is 43.8 Å². The molecule has 0 spiro atoms. The van der Waals surface area contributed by atoms with E-state index in [0.717, 1.165) is 23.0 Å². The van der Waals surface area contributed by atoms with E-state index in [-0.39, 0.29) is 0 Å². The summed E-state index contributed by atoms with van der Waals surface area (Å²) in [5.41, 5.74) is 5.88. The van der Waals surface area contributed by atoms with Crippen LogP contribution in [0.2, 0.25) is 0 Å². The number of rotatable bonds is 0. The Bertz CT molecular complexity index is 1490. The smallest absolute Gasteiger partial charge is 0.0717 e. The van der Waals surface area contributed by atoms with Crippen molar-refractivity contribution < 1.29 is 0 Å². The molecule has 0 fully saturated rings. The molecule has 4 heterocycles. The fourth-order valence-electron chi connectivity index (χ4n) is 5.12. The van der Waals surface area contributed by atoms with Gasteiger partial charge in [0.1, 0.15) is 0 Å². The second-order valence-electron chi connectivity index (χ2n) is 9.15. The average Bonchev–Trinajstić information content (AvgIpc) is 3.57. The lowest BCUT2D eigenvalue weighted by Gasteiger charge is -2.11. The third-order valence-electron chi connectivity index (χ3n) is 6.83. The first kappa shape index (κ1) is 25.2. The van der Waals surface area contributed by atoms with Crippen LogP contribution in [0.3, 0.4) is 0 Å². The van der Waals surface area contributed by atoms with E-state index in [1.54, 1.807) is 0 Å². The van der Waals surface area contributed by atoms with Gasteiger partial charge in [0.25, 0.3) is 0 Å². The number of hydrogen-bond acceptors (Lipinski definition) is 8. The minimum Gasteiger partial charge on any atom is -0.112 e. The van der Waals surface area contributed by atoms with Gasteiger partial charge in [0.15, 0.2) is 0 Å². The third kappa shape index (κ3) is 4.61. The highest BCUT2D eigenvalue weighted by Crippen LogP contribution is 2.67. The van der Waals surface area contributed by atoms with Crippen LogP contribution in [0, 0.1) is 0 Å². The molecule has 4 aromatic rings. The van der Waals surface area contributed by atoms with E-state index in [9.17, 15) is 0 Å². The molecule has 8 rings (SSSR count). The zero-order valence-electron chi connectivity index (χ0n) is 20.0. The summed E-state index contributed by atoms with van der Waals surface area (Å²) in [5.74, 6) is 4.15. The van der Waals surface area contributed by atoms with Gasteiger partial charge in [-0.1, -0.05) is 120 Å². The Kier molecular flexibility index (Phi) is 7.07. The van der Waals surface area contributed by atoms with Crippen LogP contribution in [-0.2, 0) is 23.0 Å². The van der Waals surface area contributed by atoms with Crippen molar-refractivity contribution in [3.05, 3.63) is 120 Å². The number of benzene rings is 4. The molecule has 0 nitrogen and oxygen atoms in total. The number of hydrogen-bond donors (Lipinski definition) is 0. The maximum Gasteiger partial charge on any atom is 0.0717 e. The first-order chi connectivity index (χ1) is 18.8. The van der Waals surface area contributed by atoms with E-state index in [4.69, 9.17) is 0 Å². The summed E-state index contributed by atoms with van der Waals surface area (Å²) in [6, 6.07) is 27.2. The van der Waals surface area contributed by atoms with Crippen molar-refractivity contribution in [1.29, 1.82) is 0 Å². The SMILES string of the molecule is c1cc2c3c(cccc3c1)CSC1=C(SC2)SC(=C2SC3=C(SCc4cccc5cccc(c45)CS3)S2)S1. The maximum absolute atomic E-state index is 2.32. The van der Waals surface area contributed by atoms with Gasteiger partial charge in [0.05, 0.1) is 25.4 Å². The molecule has 0 aliphatic carbocycles. The number of thioether (sulfide) groups is 8. The Morgan fingerprint density at radius 3 is 0.921 bits per heavy atom. The average molecular weight is 637 g/mol. The monoisotopic (exact) mass is 636 g/mol. The largest absolute Gasteiger partial charge is 0.112 e. The van der Waals surface area contributed by atoms with Gasteiger partial charge in [-0.15, -0.1) is 47.0 Å². The Hall–Kier alpha value is -0.580. The molecule has 0 aromatic heterocycles. The fourth-order valence-corrected chi connectivity index (χ4v) is 17.1. The van der Waals surface area contributed by atoms with Crippen LogP contribution in [0.1, 0.15) is 22.3 Å². The predicted molar refractivity (Wildman–Crippen MR) is 185 cm³/mol. The van der Waals surface area contributed by atoms with Crippen molar-refractivity contribution in [3.8, 4) is 0 Å². The molecule has 0 atom stereocenters. The van der Waals surface area contributed by atoms with E-state index < -0.39 is 0 Å². The Morgan fingerprint density at radius 2 is 0.632 bits per heavy atom. The van der Waals surface area contributed by atoms with Crippen molar-refractivity contribution in [1.82, 2.24) is 0 Å². The van der Waals surface area contributed by atoms with Crippen LogP contribution >= 0.6 is 94.1 Å². The highest BCUT2D eigenvalue weighted by Gasteiger charge is 2.32. The van der Waals surface area contributed by atoms with Crippen molar-refractivity contribution in [2.24, 2.45) is 0 Å². The van der Waals surface area contributed by atoms with Gasteiger partial charge >= 0.3 is 0 Å². The zero-order valence-corrected chi connectivity index (χ0v) is 26.6. The lowest BCUT2D eigenvalue weighted by Crippen LogP contribution is -1.89. The van der Waals surface area contributed by atoms with E-state index in [2.05, 4.69) is 72.8 Å². The topological polar surface area (TPSA) is 0 Å². The summed E-state index contributed by atoms with van der Waals surface area (Å²) in [6.07, 6.45) is 0. The molecule has 0 N–H and O–H groups in total. The van der Waals surface area contributed by atoms with Gasteiger partial charge in [0, 0.05) is 23.0 Å². The van der Waals surface area contributed by atoms with Gasteiger partial charge < -0.3 is 0 Å². The molecular formula is C30H20S8. The predicted octanol–water partition coefficient (Wildman–Crippen LogP) is 12.0. The van der Waals surface area contributed by atoms with Crippen LogP contribution < -0.4 is 0 Å². The van der Waals surface area contributed by atoms with Crippen LogP contribution in [0.15, 0.2) is 98.2 Å². The highest BCUT2D eigenvalue weighted by molar-refractivity contribution is 8.44. The first-order valence-electron chi connectivity index (χ1n) is 12.2. The van der Waals surface area contributed by atoms with Gasteiger partial charge in [-0.2, -0.15) is 0 Å². The van der Waals surface area contributed by atoms with E-state index >= 15 is 0 Å². The summed E-state index contributed by atoms with van der Waals surface area (Å²) >= 11 is 16.2. The third-order valence-corrected chi connectivity index (χ3v) is 18.6. The lowest BCUT2D eigenvalue weighted by atomic mass is 10.0. The molecule has 38 heavy (non-hydrogen) atoms. The minimum absolute atomic E-state index is 1.04. The highest BCUT2D eigenvalue weighted by atomic mass is 32.3.